The van der Waals surface area contributed by atoms with Crippen LogP contribution in [0, 0.1) is 27.7 Å². The van der Waals surface area contributed by atoms with Crippen LogP contribution >= 0.6 is 23.5 Å². The Morgan fingerprint density at radius 1 is 0.307 bits per heavy atom. The zero-order valence-electron chi connectivity index (χ0n) is 50.3. The Morgan fingerprint density at radius 3 is 1.03 bits per heavy atom. The number of thioether (sulfide) groups is 2. The molecular formula is C84H68N2S2. The van der Waals surface area contributed by atoms with Crippen LogP contribution in [0.1, 0.15) is 66.8 Å². The summed E-state index contributed by atoms with van der Waals surface area (Å²) in [5.74, 6) is 1.73. The molecule has 0 radical (unpaired) electrons. The highest BCUT2D eigenvalue weighted by Gasteiger charge is 2.49. The van der Waals surface area contributed by atoms with Crippen LogP contribution in [0.25, 0.3) is 33.4 Å². The van der Waals surface area contributed by atoms with Crippen molar-refractivity contribution in [1.82, 2.24) is 0 Å². The van der Waals surface area contributed by atoms with Gasteiger partial charge in [-0.25, -0.2) is 0 Å². The Kier molecular flexibility index (Phi) is 15.1. The van der Waals surface area contributed by atoms with Gasteiger partial charge in [-0.15, -0.1) is 36.7 Å². The van der Waals surface area contributed by atoms with Crippen molar-refractivity contribution in [3.8, 4) is 33.4 Å². The summed E-state index contributed by atoms with van der Waals surface area (Å²) < 4.78 is 0. The number of rotatable bonds is 17. The van der Waals surface area contributed by atoms with Crippen LogP contribution in [0.15, 0.2) is 314 Å². The summed E-state index contributed by atoms with van der Waals surface area (Å²) in [5, 5.41) is 0. The van der Waals surface area contributed by atoms with Crippen molar-refractivity contribution in [3.63, 3.8) is 0 Å². The van der Waals surface area contributed by atoms with Gasteiger partial charge >= 0.3 is 0 Å². The fourth-order valence-corrected chi connectivity index (χ4v) is 15.5. The highest BCUT2D eigenvalue weighted by atomic mass is 32.2. The van der Waals surface area contributed by atoms with E-state index < -0.39 is 10.8 Å². The Bertz CT molecular complexity index is 4270. The molecule has 0 saturated carbocycles. The molecule has 12 aromatic carbocycles. The third-order valence-electron chi connectivity index (χ3n) is 18.1. The topological polar surface area (TPSA) is 6.48 Å². The molecule has 4 heteroatoms. The Labute approximate surface area is 528 Å². The highest BCUT2D eigenvalue weighted by Crippen LogP contribution is 2.60. The van der Waals surface area contributed by atoms with E-state index in [1.807, 2.05) is 35.7 Å². The molecule has 0 aromatic heterocycles. The van der Waals surface area contributed by atoms with Crippen molar-refractivity contribution < 1.29 is 0 Å². The summed E-state index contributed by atoms with van der Waals surface area (Å²) >= 11 is 3.63. The molecule has 2 unspecified atom stereocenters. The number of hydrogen-bond donors (Lipinski definition) is 0. The molecule has 14 rings (SSSR count). The molecule has 426 valence electrons. The van der Waals surface area contributed by atoms with Crippen molar-refractivity contribution in [2.45, 2.75) is 48.3 Å². The lowest BCUT2D eigenvalue weighted by Gasteiger charge is -2.36. The maximum absolute atomic E-state index is 3.99. The zero-order chi connectivity index (χ0) is 59.9. The second-order valence-corrected chi connectivity index (χ2v) is 25.6. The first-order chi connectivity index (χ1) is 43.2. The van der Waals surface area contributed by atoms with Gasteiger partial charge in [0.05, 0.1) is 10.8 Å². The normalized spacial score (nSPS) is 15.2. The first-order valence-electron chi connectivity index (χ1n) is 30.4. The number of aryl methyl sites for hydroxylation is 4. The summed E-state index contributed by atoms with van der Waals surface area (Å²) in [6, 6.07) is 105. The molecule has 0 spiro atoms. The molecule has 0 aliphatic heterocycles. The lowest BCUT2D eigenvalue weighted by atomic mass is 9.66. The van der Waals surface area contributed by atoms with Gasteiger partial charge in [0.25, 0.3) is 0 Å². The third-order valence-corrected chi connectivity index (χ3v) is 20.1. The quantitative estimate of drug-likeness (QED) is 0.0662. The van der Waals surface area contributed by atoms with Gasteiger partial charge in [-0.1, -0.05) is 205 Å². The van der Waals surface area contributed by atoms with Crippen LogP contribution in [0.4, 0.5) is 34.1 Å². The Morgan fingerprint density at radius 2 is 0.648 bits per heavy atom. The van der Waals surface area contributed by atoms with Crippen LogP contribution in [0.5, 0.6) is 0 Å². The van der Waals surface area contributed by atoms with Crippen molar-refractivity contribution >= 4 is 57.6 Å². The van der Waals surface area contributed by atoms with Crippen molar-refractivity contribution in [1.29, 1.82) is 0 Å². The number of para-hydroxylation sites is 2. The molecule has 2 nitrogen and oxygen atoms in total. The van der Waals surface area contributed by atoms with E-state index in [-0.39, 0.29) is 0 Å². The average Bonchev–Trinajstić information content (AvgIpc) is 1.55. The SMILES string of the molecule is C=CCSc1ccc(C2(c3cc(C)ccc3C)c3ccccc3-c3ccc(N(c4ccccc4)c4ccc(-c5ccc(N(c6ccccc6)c6ccc7c(c6)C(c6ccc(SCC=C)cc6)(c6cc(C)ccc6C)c6ccccc6-7)cc5)cc4)cc32)cc1. The van der Waals surface area contributed by atoms with Gasteiger partial charge < -0.3 is 9.80 Å². The number of hydrogen-bond acceptors (Lipinski definition) is 4. The molecule has 0 N–H and O–H groups in total. The van der Waals surface area contributed by atoms with Crippen LogP contribution < -0.4 is 9.80 Å². The van der Waals surface area contributed by atoms with E-state index in [0.29, 0.717) is 0 Å². The third kappa shape index (κ3) is 9.63. The van der Waals surface area contributed by atoms with E-state index >= 15 is 0 Å². The van der Waals surface area contributed by atoms with E-state index in [1.165, 1.54) is 98.8 Å². The van der Waals surface area contributed by atoms with Crippen molar-refractivity contribution in [2.24, 2.45) is 0 Å². The van der Waals surface area contributed by atoms with Crippen LogP contribution in [-0.2, 0) is 10.8 Å². The fourth-order valence-electron chi connectivity index (χ4n) is 14.2. The molecule has 2 aliphatic rings. The molecule has 0 amide bonds. The first kappa shape index (κ1) is 56.2. The van der Waals surface area contributed by atoms with Gasteiger partial charge in [0.15, 0.2) is 0 Å². The van der Waals surface area contributed by atoms with Crippen LogP contribution in [0.3, 0.4) is 0 Å². The van der Waals surface area contributed by atoms with Gasteiger partial charge in [0.2, 0.25) is 0 Å². The molecule has 2 aliphatic carbocycles. The molecule has 12 aromatic rings. The lowest BCUT2D eigenvalue weighted by Crippen LogP contribution is -2.30. The van der Waals surface area contributed by atoms with Gasteiger partial charge in [-0.3, -0.25) is 0 Å². The molecular weight excluding hydrogens is 1100 g/mol. The summed E-state index contributed by atoms with van der Waals surface area (Å²) in [6.45, 7) is 17.0. The summed E-state index contributed by atoms with van der Waals surface area (Å²) in [6.07, 6.45) is 3.95. The maximum atomic E-state index is 3.99. The average molecular weight is 1170 g/mol. The smallest absolute Gasteiger partial charge is 0.0716 e. The minimum Gasteiger partial charge on any atom is -0.310 e. The predicted octanol–water partition coefficient (Wildman–Crippen LogP) is 22.8. The summed E-state index contributed by atoms with van der Waals surface area (Å²) in [5.41, 5.74) is 28.1. The number of anilines is 6. The van der Waals surface area contributed by atoms with Crippen LogP contribution in [-0.4, -0.2) is 11.5 Å². The monoisotopic (exact) mass is 1170 g/mol. The predicted molar refractivity (Wildman–Crippen MR) is 377 cm³/mol. The van der Waals surface area contributed by atoms with Gasteiger partial charge in [0, 0.05) is 55.4 Å². The van der Waals surface area contributed by atoms with E-state index in [2.05, 4.69) is 330 Å². The molecule has 0 heterocycles. The largest absolute Gasteiger partial charge is 0.310 e. The summed E-state index contributed by atoms with van der Waals surface area (Å²) in [7, 11) is 0. The maximum Gasteiger partial charge on any atom is 0.0716 e. The number of nitrogens with zero attached hydrogens (tertiary/aromatic N) is 2. The molecule has 0 fully saturated rings. The molecule has 88 heavy (non-hydrogen) atoms. The Balaban J connectivity index is 0.851. The minimum atomic E-state index is -0.566. The standard InChI is InChI=1S/C84H68N2S2/c1-7-51-87-71-45-35-63(36-46-71)83(79-53-57(3)27-29-59(79)5)77-25-17-15-23-73(77)75-49-43-69(55-81(75)83)85(65-19-11-9-12-20-65)67-39-31-61(32-40-67)62-33-41-68(42-34-62)86(66-21-13-10-14-22-66)70-44-50-76-74-24-16-18-26-78(74)84(82(76)56-70,80-54-58(4)28-30-60(80)6)64-37-47-72(48-38-64)88-52-8-2/h7-50,53-56H,1-2,51-52H2,3-6H3. The minimum absolute atomic E-state index is 0.566. The Hall–Kier alpha value is -9.58. The lowest BCUT2D eigenvalue weighted by molar-refractivity contribution is 0.758. The molecule has 0 bridgehead atoms. The van der Waals surface area contributed by atoms with Crippen molar-refractivity contribution in [3.05, 3.63) is 371 Å². The van der Waals surface area contributed by atoms with E-state index in [4.69, 9.17) is 0 Å². The van der Waals surface area contributed by atoms with Gasteiger partial charge in [0.1, 0.15) is 0 Å². The highest BCUT2D eigenvalue weighted by molar-refractivity contribution is 7.99. The second-order valence-electron chi connectivity index (χ2n) is 23.4. The fraction of sp³-hybridized carbons (Fsp3) is 0.0952. The number of benzene rings is 12. The molecule has 2 atom stereocenters. The van der Waals surface area contributed by atoms with Gasteiger partial charge in [-0.05, 0) is 214 Å². The van der Waals surface area contributed by atoms with Crippen LogP contribution in [0.2, 0.25) is 0 Å². The van der Waals surface area contributed by atoms with Crippen molar-refractivity contribution in [2.75, 3.05) is 21.3 Å². The second kappa shape index (κ2) is 23.6. The molecule has 0 saturated heterocycles. The van der Waals surface area contributed by atoms with E-state index in [1.54, 1.807) is 0 Å². The number of fused-ring (bicyclic) bond motifs is 6. The summed E-state index contributed by atoms with van der Waals surface area (Å²) in [4.78, 5) is 7.30. The zero-order valence-corrected chi connectivity index (χ0v) is 51.9. The first-order valence-corrected chi connectivity index (χ1v) is 32.4. The van der Waals surface area contributed by atoms with E-state index in [9.17, 15) is 0 Å². The van der Waals surface area contributed by atoms with E-state index in [0.717, 1.165) is 56.8 Å². The van der Waals surface area contributed by atoms with Gasteiger partial charge in [-0.2, -0.15) is 0 Å².